The van der Waals surface area contributed by atoms with Gasteiger partial charge >= 0.3 is 5.97 Å². The molecule has 0 heterocycles. The van der Waals surface area contributed by atoms with Gasteiger partial charge in [-0.05, 0) is 50.5 Å². The van der Waals surface area contributed by atoms with Gasteiger partial charge in [0.15, 0.2) is 0 Å². The van der Waals surface area contributed by atoms with Gasteiger partial charge in [-0.25, -0.2) is 0 Å². The number of benzene rings is 1. The highest BCUT2D eigenvalue weighted by Crippen LogP contribution is 2.36. The van der Waals surface area contributed by atoms with Crippen LogP contribution >= 0.6 is 0 Å². The number of allylic oxidation sites excluding steroid dienone is 2. The molecule has 4 N–H and O–H groups in total. The summed E-state index contributed by atoms with van der Waals surface area (Å²) in [5.74, 6) is -0.524. The maximum absolute atomic E-state index is 11.4. The molecule has 5 atom stereocenters. The second-order valence-electron chi connectivity index (χ2n) is 8.16. The molecule has 1 saturated carbocycles. The van der Waals surface area contributed by atoms with Gasteiger partial charge in [0.25, 0.3) is 0 Å². The third kappa shape index (κ3) is 9.35. The van der Waals surface area contributed by atoms with E-state index in [2.05, 4.69) is 5.48 Å². The summed E-state index contributed by atoms with van der Waals surface area (Å²) in [7, 11) is 0. The highest BCUT2D eigenvalue weighted by atomic mass is 16.7. The minimum Gasteiger partial charge on any atom is -0.393 e. The first-order valence-electron chi connectivity index (χ1n) is 11.3. The first kappa shape index (κ1) is 25.3. The summed E-state index contributed by atoms with van der Waals surface area (Å²) in [6.07, 6.45) is 10.1. The number of nitrogens with one attached hydrogen (secondary N) is 1. The standard InChI is InChI=1S/C25H37NO5/c1-2-26-31-25(30)13-9-4-3-8-12-21-22(24(29)18-23(21)28)17-16-20(27)15-14-19-10-6-5-7-11-19/h3,5-8,10-11,16-17,20-24,26-29H,2,4,9,12-15,18H2,1H3/b8-3-,17-16+/t20?,21?,22-,23?,24?/m1/s1. The number of aryl methyl sites for hydroxylation is 1. The normalized spacial score (nSPS) is 24.8. The Labute approximate surface area is 185 Å². The molecule has 2 rings (SSSR count). The van der Waals surface area contributed by atoms with Gasteiger partial charge in [0.05, 0.1) is 18.3 Å². The van der Waals surface area contributed by atoms with E-state index in [1.165, 1.54) is 5.56 Å². The molecular weight excluding hydrogens is 394 g/mol. The Hall–Kier alpha value is -1.99. The highest BCUT2D eigenvalue weighted by Gasteiger charge is 2.39. The Morgan fingerprint density at radius 1 is 1.23 bits per heavy atom. The van der Waals surface area contributed by atoms with E-state index >= 15 is 0 Å². The molecule has 6 nitrogen and oxygen atoms in total. The smallest absolute Gasteiger partial charge is 0.324 e. The SMILES string of the molecule is CCNOC(=O)CCC/C=C\CC1C(O)CC(O)[C@@H]1/C=C/C(O)CCc1ccccc1. The number of hydrogen-bond acceptors (Lipinski definition) is 6. The number of carbonyl (C=O) groups is 1. The summed E-state index contributed by atoms with van der Waals surface area (Å²) in [6.45, 7) is 2.44. The fraction of sp³-hybridized carbons (Fsp3) is 0.560. The minimum atomic E-state index is -0.605. The van der Waals surface area contributed by atoms with E-state index in [0.717, 1.165) is 12.8 Å². The van der Waals surface area contributed by atoms with Gasteiger partial charge in [-0.3, -0.25) is 4.79 Å². The van der Waals surface area contributed by atoms with Gasteiger partial charge in [0.2, 0.25) is 0 Å². The second kappa shape index (κ2) is 14.1. The van der Waals surface area contributed by atoms with Gasteiger partial charge in [0.1, 0.15) is 0 Å². The zero-order valence-corrected chi connectivity index (χ0v) is 18.4. The van der Waals surface area contributed by atoms with Crippen LogP contribution in [0.15, 0.2) is 54.6 Å². The van der Waals surface area contributed by atoms with Crippen LogP contribution in [0.1, 0.15) is 51.0 Å². The molecule has 6 heteroatoms. The number of carbonyl (C=O) groups excluding carboxylic acids is 1. The Morgan fingerprint density at radius 3 is 2.74 bits per heavy atom. The molecule has 1 fully saturated rings. The summed E-state index contributed by atoms with van der Waals surface area (Å²) < 4.78 is 0. The molecule has 31 heavy (non-hydrogen) atoms. The molecule has 172 valence electrons. The number of hydrogen-bond donors (Lipinski definition) is 4. The second-order valence-corrected chi connectivity index (χ2v) is 8.16. The molecule has 1 aromatic carbocycles. The molecule has 0 amide bonds. The molecule has 1 aromatic rings. The van der Waals surface area contributed by atoms with Crippen LogP contribution < -0.4 is 5.48 Å². The predicted octanol–water partition coefficient (Wildman–Crippen LogP) is 3.08. The number of hydroxylamine groups is 1. The molecule has 0 bridgehead atoms. The average Bonchev–Trinajstić information content (AvgIpc) is 3.04. The third-order valence-corrected chi connectivity index (χ3v) is 5.70. The van der Waals surface area contributed by atoms with E-state index in [9.17, 15) is 20.1 Å². The lowest BCUT2D eigenvalue weighted by Gasteiger charge is -2.19. The van der Waals surface area contributed by atoms with Crippen molar-refractivity contribution in [2.24, 2.45) is 11.8 Å². The number of aliphatic hydroxyl groups excluding tert-OH is 3. The largest absolute Gasteiger partial charge is 0.393 e. The fourth-order valence-electron chi connectivity index (χ4n) is 3.96. The number of aliphatic hydroxyl groups is 3. The van der Waals surface area contributed by atoms with Crippen LogP contribution in [0, 0.1) is 11.8 Å². The Bertz CT molecular complexity index is 690. The van der Waals surface area contributed by atoms with Crippen LogP contribution in [0.25, 0.3) is 0 Å². The topological polar surface area (TPSA) is 99.0 Å². The molecule has 0 saturated heterocycles. The monoisotopic (exact) mass is 431 g/mol. The van der Waals surface area contributed by atoms with Gasteiger partial charge in [-0.15, -0.1) is 0 Å². The summed E-state index contributed by atoms with van der Waals surface area (Å²) in [6, 6.07) is 10.0. The van der Waals surface area contributed by atoms with Crippen molar-refractivity contribution >= 4 is 5.97 Å². The van der Waals surface area contributed by atoms with Crippen LogP contribution in [-0.4, -0.2) is 46.1 Å². The van der Waals surface area contributed by atoms with E-state index in [1.54, 1.807) is 6.08 Å². The van der Waals surface area contributed by atoms with Crippen molar-refractivity contribution in [3.8, 4) is 0 Å². The van der Waals surface area contributed by atoms with Crippen LogP contribution in [0.3, 0.4) is 0 Å². The zero-order chi connectivity index (χ0) is 22.5. The lowest BCUT2D eigenvalue weighted by atomic mass is 9.89. The van der Waals surface area contributed by atoms with Gasteiger partial charge in [0, 0.05) is 25.3 Å². The van der Waals surface area contributed by atoms with Crippen molar-refractivity contribution in [1.82, 2.24) is 5.48 Å². The van der Waals surface area contributed by atoms with Crippen LogP contribution in [0.2, 0.25) is 0 Å². The summed E-state index contributed by atoms with van der Waals surface area (Å²) in [4.78, 5) is 16.2. The van der Waals surface area contributed by atoms with Crippen molar-refractivity contribution in [2.45, 2.75) is 70.2 Å². The molecule has 1 aliphatic rings. The van der Waals surface area contributed by atoms with Gasteiger partial charge in [-0.1, -0.05) is 54.6 Å². The first-order chi connectivity index (χ1) is 15.0. The lowest BCUT2D eigenvalue weighted by Crippen LogP contribution is -2.20. The van der Waals surface area contributed by atoms with E-state index in [0.29, 0.717) is 38.6 Å². The lowest BCUT2D eigenvalue weighted by molar-refractivity contribution is -0.151. The molecule has 0 spiro atoms. The highest BCUT2D eigenvalue weighted by molar-refractivity contribution is 5.68. The molecule has 4 unspecified atom stereocenters. The van der Waals surface area contributed by atoms with Crippen LogP contribution in [0.4, 0.5) is 0 Å². The number of unbranched alkanes of at least 4 members (excludes halogenated alkanes) is 1. The minimum absolute atomic E-state index is 0.0810. The first-order valence-corrected chi connectivity index (χ1v) is 11.3. The van der Waals surface area contributed by atoms with Crippen molar-refractivity contribution in [2.75, 3.05) is 6.54 Å². The summed E-state index contributed by atoms with van der Waals surface area (Å²) in [5, 5.41) is 31.0. The molecule has 0 aromatic heterocycles. The fourth-order valence-corrected chi connectivity index (χ4v) is 3.96. The third-order valence-electron chi connectivity index (χ3n) is 5.70. The predicted molar refractivity (Wildman–Crippen MR) is 121 cm³/mol. The summed E-state index contributed by atoms with van der Waals surface area (Å²) >= 11 is 0. The zero-order valence-electron chi connectivity index (χ0n) is 18.4. The molecular formula is C25H37NO5. The average molecular weight is 432 g/mol. The van der Waals surface area contributed by atoms with Gasteiger partial charge in [-0.2, -0.15) is 5.48 Å². The van der Waals surface area contributed by atoms with Crippen molar-refractivity contribution < 1.29 is 25.0 Å². The van der Waals surface area contributed by atoms with Crippen LogP contribution in [-0.2, 0) is 16.1 Å². The number of rotatable bonds is 13. The van der Waals surface area contributed by atoms with E-state index in [-0.39, 0.29) is 17.8 Å². The molecule has 0 aliphatic heterocycles. The van der Waals surface area contributed by atoms with Gasteiger partial charge < -0.3 is 20.2 Å². The molecule has 1 aliphatic carbocycles. The quantitative estimate of drug-likeness (QED) is 0.218. The Morgan fingerprint density at radius 2 is 2.00 bits per heavy atom. The maximum Gasteiger partial charge on any atom is 0.324 e. The van der Waals surface area contributed by atoms with Crippen molar-refractivity contribution in [1.29, 1.82) is 0 Å². The van der Waals surface area contributed by atoms with Crippen molar-refractivity contribution in [3.05, 3.63) is 60.2 Å². The van der Waals surface area contributed by atoms with Crippen molar-refractivity contribution in [3.63, 3.8) is 0 Å². The Kier molecular flexibility index (Phi) is 11.5. The van der Waals surface area contributed by atoms with E-state index < -0.39 is 18.3 Å². The van der Waals surface area contributed by atoms with E-state index in [1.807, 2.05) is 55.5 Å². The molecule has 0 radical (unpaired) electrons. The maximum atomic E-state index is 11.4. The summed E-state index contributed by atoms with van der Waals surface area (Å²) in [5.41, 5.74) is 3.73. The van der Waals surface area contributed by atoms with E-state index in [4.69, 9.17) is 4.84 Å². The van der Waals surface area contributed by atoms with Crippen LogP contribution in [0.5, 0.6) is 0 Å². The Balaban J connectivity index is 1.75.